The van der Waals surface area contributed by atoms with Crippen LogP contribution in [0.1, 0.15) is 11.4 Å². The summed E-state index contributed by atoms with van der Waals surface area (Å²) in [5.74, 6) is 0.929. The normalized spacial score (nSPS) is 10.7. The van der Waals surface area contributed by atoms with Crippen LogP contribution in [-0.2, 0) is 17.6 Å². The molecule has 0 aliphatic rings. The Hall–Kier alpha value is -2.62. The molecule has 4 heteroatoms. The number of amides is 1. The number of carbonyl (C=O) groups is 1. The van der Waals surface area contributed by atoms with Crippen LogP contribution in [0.5, 0.6) is 0 Å². The summed E-state index contributed by atoms with van der Waals surface area (Å²) < 4.78 is 0. The first-order valence-corrected chi connectivity index (χ1v) is 7.04. The van der Waals surface area contributed by atoms with Gasteiger partial charge in [0, 0.05) is 25.4 Å². The Labute approximate surface area is 123 Å². The molecule has 3 aromatic rings. The summed E-state index contributed by atoms with van der Waals surface area (Å²) in [6.07, 6.45) is 4.62. The van der Waals surface area contributed by atoms with Crippen LogP contribution in [0.3, 0.4) is 0 Å². The molecule has 0 unspecified atom stereocenters. The molecule has 21 heavy (non-hydrogen) atoms. The van der Waals surface area contributed by atoms with Crippen molar-refractivity contribution in [2.75, 3.05) is 6.54 Å². The topological polar surface area (TPSA) is 57.8 Å². The van der Waals surface area contributed by atoms with E-state index < -0.39 is 0 Å². The van der Waals surface area contributed by atoms with Gasteiger partial charge in [-0.2, -0.15) is 0 Å². The Bertz CT molecular complexity index is 729. The number of fused-ring (bicyclic) bond motifs is 1. The van der Waals surface area contributed by atoms with Gasteiger partial charge in [-0.3, -0.25) is 4.79 Å². The zero-order valence-electron chi connectivity index (χ0n) is 11.7. The van der Waals surface area contributed by atoms with Crippen LogP contribution in [0.25, 0.3) is 10.8 Å². The maximum Gasteiger partial charge on any atom is 0.224 e. The lowest BCUT2D eigenvalue weighted by molar-refractivity contribution is -0.120. The predicted molar refractivity (Wildman–Crippen MR) is 83.0 cm³/mol. The molecule has 0 aliphatic carbocycles. The van der Waals surface area contributed by atoms with E-state index in [1.165, 1.54) is 5.39 Å². The largest absolute Gasteiger partial charge is 0.355 e. The maximum absolute atomic E-state index is 12.0. The van der Waals surface area contributed by atoms with Crippen LogP contribution < -0.4 is 5.32 Å². The van der Waals surface area contributed by atoms with Crippen LogP contribution >= 0.6 is 0 Å². The first-order valence-electron chi connectivity index (χ1n) is 7.04. The lowest BCUT2D eigenvalue weighted by Gasteiger charge is -2.07. The van der Waals surface area contributed by atoms with Gasteiger partial charge in [-0.15, -0.1) is 0 Å². The molecule has 1 heterocycles. The molecule has 0 spiro atoms. The summed E-state index contributed by atoms with van der Waals surface area (Å²) in [7, 11) is 0. The lowest BCUT2D eigenvalue weighted by Crippen LogP contribution is -2.27. The Balaban J connectivity index is 1.61. The second-order valence-corrected chi connectivity index (χ2v) is 4.95. The molecule has 2 aromatic carbocycles. The van der Waals surface area contributed by atoms with Crippen molar-refractivity contribution in [3.63, 3.8) is 0 Å². The molecule has 0 saturated heterocycles. The van der Waals surface area contributed by atoms with Crippen molar-refractivity contribution in [2.24, 2.45) is 0 Å². The minimum Gasteiger partial charge on any atom is -0.355 e. The monoisotopic (exact) mass is 279 g/mol. The number of aromatic nitrogens is 2. The van der Waals surface area contributed by atoms with Gasteiger partial charge in [0.25, 0.3) is 0 Å². The molecule has 0 aliphatic heterocycles. The summed E-state index contributed by atoms with van der Waals surface area (Å²) >= 11 is 0. The van der Waals surface area contributed by atoms with E-state index in [9.17, 15) is 4.79 Å². The van der Waals surface area contributed by atoms with E-state index in [-0.39, 0.29) is 5.91 Å². The third kappa shape index (κ3) is 3.28. The van der Waals surface area contributed by atoms with Gasteiger partial charge >= 0.3 is 0 Å². The quantitative estimate of drug-likeness (QED) is 0.753. The zero-order chi connectivity index (χ0) is 14.5. The van der Waals surface area contributed by atoms with Crippen LogP contribution in [0, 0.1) is 0 Å². The van der Waals surface area contributed by atoms with E-state index in [0.717, 1.165) is 16.8 Å². The second-order valence-electron chi connectivity index (χ2n) is 4.95. The summed E-state index contributed by atoms with van der Waals surface area (Å²) in [6.45, 7) is 0.594. The van der Waals surface area contributed by atoms with Crippen molar-refractivity contribution in [3.05, 3.63) is 66.2 Å². The summed E-state index contributed by atoms with van der Waals surface area (Å²) in [5, 5.41) is 5.24. The Kier molecular flexibility index (Phi) is 3.96. The van der Waals surface area contributed by atoms with E-state index in [1.807, 2.05) is 24.3 Å². The smallest absolute Gasteiger partial charge is 0.224 e. The molecule has 0 fully saturated rings. The van der Waals surface area contributed by atoms with Gasteiger partial charge in [-0.1, -0.05) is 42.5 Å². The zero-order valence-corrected chi connectivity index (χ0v) is 11.7. The van der Waals surface area contributed by atoms with E-state index in [1.54, 1.807) is 12.4 Å². The van der Waals surface area contributed by atoms with Crippen molar-refractivity contribution in [1.29, 1.82) is 0 Å². The number of hydrogen-bond donors (Lipinski definition) is 2. The molecule has 0 radical (unpaired) electrons. The molecule has 4 nitrogen and oxygen atoms in total. The number of rotatable bonds is 5. The average molecular weight is 279 g/mol. The minimum absolute atomic E-state index is 0.0397. The minimum atomic E-state index is 0.0397. The molecule has 3 rings (SSSR count). The highest BCUT2D eigenvalue weighted by Crippen LogP contribution is 2.18. The molecule has 0 atom stereocenters. The number of aromatic amines is 1. The maximum atomic E-state index is 12.0. The fraction of sp³-hybridized carbons (Fsp3) is 0.176. The van der Waals surface area contributed by atoms with Crippen molar-refractivity contribution in [2.45, 2.75) is 12.8 Å². The molecule has 1 aromatic heterocycles. The van der Waals surface area contributed by atoms with Crippen LogP contribution in [0.15, 0.2) is 54.9 Å². The van der Waals surface area contributed by atoms with Crippen molar-refractivity contribution < 1.29 is 4.79 Å². The summed E-state index contributed by atoms with van der Waals surface area (Å²) in [6, 6.07) is 14.2. The number of nitrogens with one attached hydrogen (secondary N) is 2. The van der Waals surface area contributed by atoms with Crippen molar-refractivity contribution in [3.8, 4) is 0 Å². The standard InChI is InChI=1S/C17H17N3O/c21-17(20-9-8-16-18-10-11-19-16)12-14-6-3-5-13-4-1-2-7-15(13)14/h1-7,10-11H,8-9,12H2,(H,18,19)(H,20,21). The molecular weight excluding hydrogens is 262 g/mol. The SMILES string of the molecule is O=C(Cc1cccc2ccccc12)NCCc1ncc[nH]1. The van der Waals surface area contributed by atoms with Gasteiger partial charge in [0.1, 0.15) is 5.82 Å². The third-order valence-electron chi connectivity index (χ3n) is 3.47. The Morgan fingerprint density at radius 2 is 2.00 bits per heavy atom. The van der Waals surface area contributed by atoms with Crippen LogP contribution in [0.4, 0.5) is 0 Å². The summed E-state index contributed by atoms with van der Waals surface area (Å²) in [4.78, 5) is 19.2. The van der Waals surface area contributed by atoms with Crippen LogP contribution in [-0.4, -0.2) is 22.4 Å². The summed E-state index contributed by atoms with van der Waals surface area (Å²) in [5.41, 5.74) is 1.06. The fourth-order valence-corrected chi connectivity index (χ4v) is 2.44. The Morgan fingerprint density at radius 1 is 1.14 bits per heavy atom. The lowest BCUT2D eigenvalue weighted by atomic mass is 10.0. The van der Waals surface area contributed by atoms with Crippen LogP contribution in [0.2, 0.25) is 0 Å². The first kappa shape index (κ1) is 13.4. The molecule has 0 saturated carbocycles. The van der Waals surface area contributed by atoms with E-state index >= 15 is 0 Å². The van der Waals surface area contributed by atoms with Gasteiger partial charge in [0.05, 0.1) is 6.42 Å². The number of hydrogen-bond acceptors (Lipinski definition) is 2. The van der Waals surface area contributed by atoms with Gasteiger partial charge in [-0.25, -0.2) is 4.98 Å². The molecule has 1 amide bonds. The predicted octanol–water partition coefficient (Wildman–Crippen LogP) is 2.46. The number of benzene rings is 2. The van der Waals surface area contributed by atoms with E-state index in [4.69, 9.17) is 0 Å². The molecule has 106 valence electrons. The molecule has 0 bridgehead atoms. The number of carbonyl (C=O) groups excluding carboxylic acids is 1. The highest BCUT2D eigenvalue weighted by Gasteiger charge is 2.06. The highest BCUT2D eigenvalue weighted by atomic mass is 16.1. The van der Waals surface area contributed by atoms with E-state index in [2.05, 4.69) is 33.5 Å². The highest BCUT2D eigenvalue weighted by molar-refractivity contribution is 5.90. The molecular formula is C17H17N3O. The van der Waals surface area contributed by atoms with Gasteiger partial charge in [0.2, 0.25) is 5.91 Å². The second kappa shape index (κ2) is 6.22. The Morgan fingerprint density at radius 3 is 2.86 bits per heavy atom. The van der Waals surface area contributed by atoms with E-state index in [0.29, 0.717) is 19.4 Å². The van der Waals surface area contributed by atoms with Gasteiger partial charge in [0.15, 0.2) is 0 Å². The van der Waals surface area contributed by atoms with Gasteiger partial charge in [-0.05, 0) is 16.3 Å². The first-order chi connectivity index (χ1) is 10.3. The van der Waals surface area contributed by atoms with Crippen molar-refractivity contribution >= 4 is 16.7 Å². The average Bonchev–Trinajstić information content (AvgIpc) is 3.01. The molecule has 2 N–H and O–H groups in total. The van der Waals surface area contributed by atoms with Gasteiger partial charge < -0.3 is 10.3 Å². The van der Waals surface area contributed by atoms with Crippen molar-refractivity contribution in [1.82, 2.24) is 15.3 Å². The third-order valence-corrected chi connectivity index (χ3v) is 3.47. The fourth-order valence-electron chi connectivity index (χ4n) is 2.44. The number of imidazole rings is 1. The number of nitrogens with zero attached hydrogens (tertiary/aromatic N) is 1. The number of H-pyrrole nitrogens is 1.